The van der Waals surface area contributed by atoms with Crippen LogP contribution in [0.5, 0.6) is 23.0 Å². The van der Waals surface area contributed by atoms with E-state index in [0.29, 0.717) is 204 Å². The minimum absolute atomic E-state index is 0.294. The molecule has 0 fully saturated rings. The van der Waals surface area contributed by atoms with Gasteiger partial charge in [-0.2, -0.15) is 0 Å². The molecule has 446 valence electrons. The number of H-pyrrole nitrogens is 2. The SMILES string of the molecule is COCCOCCOCCOc1cc(OCCOCCOCCOC)cc(-c2c3nc(c(Br)c4ccc([nH]4)c(-c4cc(OCCOCCOCCOC)cc(OCCOCCOCCOC)c4)c4nc(c(Br)c5ccc2[nH]5)C=C4)C=C3)c1. The number of nitrogens with one attached hydrogen (secondary N) is 2. The van der Waals surface area contributed by atoms with Crippen molar-refractivity contribution in [3.05, 3.63) is 92.4 Å². The Balaban J connectivity index is 1.23. The van der Waals surface area contributed by atoms with Crippen molar-refractivity contribution in [3.8, 4) is 45.3 Å². The van der Waals surface area contributed by atoms with E-state index in [9.17, 15) is 0 Å². The molecule has 2 aliphatic rings. The number of hydrogen-bond acceptors (Lipinski definition) is 18. The molecule has 5 heterocycles. The predicted octanol–water partition coefficient (Wildman–Crippen LogP) is 9.75. The maximum atomic E-state index is 6.34. The molecule has 0 amide bonds. The van der Waals surface area contributed by atoms with Crippen LogP contribution < -0.4 is 18.9 Å². The summed E-state index contributed by atoms with van der Waals surface area (Å²) in [6, 6.07) is 19.8. The molecule has 0 saturated heterocycles. The van der Waals surface area contributed by atoms with Crippen molar-refractivity contribution in [3.63, 3.8) is 0 Å². The molecule has 7 rings (SSSR count). The van der Waals surface area contributed by atoms with Crippen LogP contribution in [0.25, 0.3) is 68.6 Å². The second-order valence-corrected chi connectivity index (χ2v) is 19.6. The van der Waals surface area contributed by atoms with Gasteiger partial charge in [0.05, 0.1) is 175 Å². The molecule has 2 N–H and O–H groups in total. The average Bonchev–Trinajstić information content (AvgIpc) is 4.33. The van der Waals surface area contributed by atoms with Gasteiger partial charge in [0.2, 0.25) is 0 Å². The zero-order valence-electron chi connectivity index (χ0n) is 47.2. The van der Waals surface area contributed by atoms with Crippen molar-refractivity contribution in [2.45, 2.75) is 0 Å². The van der Waals surface area contributed by atoms with Crippen molar-refractivity contribution < 1.29 is 75.8 Å². The zero-order chi connectivity index (χ0) is 57.4. The van der Waals surface area contributed by atoms with E-state index in [2.05, 4.69) is 41.8 Å². The van der Waals surface area contributed by atoms with Crippen molar-refractivity contribution in [2.75, 3.05) is 187 Å². The van der Waals surface area contributed by atoms with Gasteiger partial charge in [-0.25, -0.2) is 9.97 Å². The number of aromatic nitrogens is 4. The largest absolute Gasteiger partial charge is 0.491 e. The summed E-state index contributed by atoms with van der Waals surface area (Å²) >= 11 is 7.88. The highest BCUT2D eigenvalue weighted by molar-refractivity contribution is 9.11. The van der Waals surface area contributed by atoms with Gasteiger partial charge in [0.15, 0.2) is 0 Å². The van der Waals surface area contributed by atoms with Crippen LogP contribution in [0.2, 0.25) is 0 Å². The lowest BCUT2D eigenvalue weighted by atomic mass is 10.0. The summed E-state index contributed by atoms with van der Waals surface area (Å²) in [5, 5.41) is 0. The minimum Gasteiger partial charge on any atom is -0.491 e. The minimum atomic E-state index is 0.294. The molecular formula is C60H76Br2N4O16. The lowest BCUT2D eigenvalue weighted by Gasteiger charge is -2.14. The number of aromatic amines is 2. The lowest BCUT2D eigenvalue weighted by Crippen LogP contribution is -2.13. The molecule has 22 heteroatoms. The Labute approximate surface area is 496 Å². The Morgan fingerprint density at radius 1 is 0.305 bits per heavy atom. The van der Waals surface area contributed by atoms with E-state index >= 15 is 0 Å². The molecule has 0 radical (unpaired) electrons. The van der Waals surface area contributed by atoms with Crippen LogP contribution >= 0.6 is 31.9 Å². The third-order valence-electron chi connectivity index (χ3n) is 12.2. The van der Waals surface area contributed by atoms with E-state index in [1.165, 1.54) is 0 Å². The molecule has 0 aliphatic carbocycles. The number of fused-ring (bicyclic) bond motifs is 8. The van der Waals surface area contributed by atoms with E-state index in [1.807, 2.05) is 85.0 Å². The Hall–Kier alpha value is -5.28. The van der Waals surface area contributed by atoms with Crippen molar-refractivity contribution in [1.82, 2.24) is 19.9 Å². The highest BCUT2D eigenvalue weighted by atomic mass is 79.9. The highest BCUT2D eigenvalue weighted by Crippen LogP contribution is 2.40. The van der Waals surface area contributed by atoms with Crippen LogP contribution in [0.1, 0.15) is 22.8 Å². The first-order valence-corrected chi connectivity index (χ1v) is 28.8. The lowest BCUT2D eigenvalue weighted by molar-refractivity contribution is 0.0174. The van der Waals surface area contributed by atoms with E-state index in [-0.39, 0.29) is 0 Å². The molecule has 3 aromatic heterocycles. The molecule has 0 spiro atoms. The van der Waals surface area contributed by atoms with Crippen molar-refractivity contribution >= 4 is 78.2 Å². The quantitative estimate of drug-likeness (QED) is 0.0342. The topological polar surface area (TPSA) is 205 Å². The summed E-state index contributed by atoms with van der Waals surface area (Å²) in [5.74, 6) is 2.34. The number of hydrogen-bond donors (Lipinski definition) is 2. The van der Waals surface area contributed by atoms with E-state index < -0.39 is 0 Å². The van der Waals surface area contributed by atoms with Gasteiger partial charge in [0, 0.05) is 62.7 Å². The Bertz CT molecular complexity index is 2660. The standard InChI is InChI=1S/C60H76Br2N4O16/c1-67-13-17-71-21-25-75-29-33-79-45-37-43(38-46(41-45)80-34-30-76-26-22-72-18-14-68-2)57-49-5-9-53(63-49)59(61)55-11-7-51(65-55)58(52-8-12-56(66-52)60(62)54-10-6-50(57)64-54)44-39-47(81-35-31-77-27-23-73-19-15-69-3)42-48(40-44)82-36-32-78-28-24-74-20-16-70-4/h5-12,37-42,63,66H,13-36H2,1-4H3. The molecule has 2 aromatic carbocycles. The third kappa shape index (κ3) is 21.1. The Kier molecular flexibility index (Phi) is 29.1. The molecule has 82 heavy (non-hydrogen) atoms. The summed E-state index contributed by atoms with van der Waals surface area (Å²) in [7, 11) is 6.57. The number of rotatable bonds is 42. The molecule has 20 nitrogen and oxygen atoms in total. The predicted molar refractivity (Wildman–Crippen MR) is 321 cm³/mol. The number of ether oxygens (including phenoxy) is 16. The second kappa shape index (κ2) is 37.1. The summed E-state index contributed by atoms with van der Waals surface area (Å²) in [6.07, 6.45) is 7.99. The van der Waals surface area contributed by atoms with Gasteiger partial charge in [0.25, 0.3) is 0 Å². The molecule has 5 aromatic rings. The number of halogens is 2. The van der Waals surface area contributed by atoms with Gasteiger partial charge in [-0.3, -0.25) is 0 Å². The first-order chi connectivity index (χ1) is 40.4. The molecule has 0 saturated carbocycles. The van der Waals surface area contributed by atoms with Gasteiger partial charge >= 0.3 is 0 Å². The molecule has 8 bridgehead atoms. The number of nitrogens with zero attached hydrogens (tertiary/aromatic N) is 2. The normalized spacial score (nSPS) is 12.0. The monoisotopic (exact) mass is 1270 g/mol. The van der Waals surface area contributed by atoms with Crippen LogP contribution in [0.4, 0.5) is 0 Å². The maximum absolute atomic E-state index is 6.34. The van der Waals surface area contributed by atoms with Crippen LogP contribution in [0.3, 0.4) is 0 Å². The van der Waals surface area contributed by atoms with Crippen LogP contribution in [0.15, 0.2) is 69.6 Å². The summed E-state index contributed by atoms with van der Waals surface area (Å²) in [4.78, 5) is 17.9. The fourth-order valence-corrected chi connectivity index (χ4v) is 9.14. The second-order valence-electron chi connectivity index (χ2n) is 18.0. The smallest absolute Gasteiger partial charge is 0.123 e. The van der Waals surface area contributed by atoms with Crippen molar-refractivity contribution in [2.24, 2.45) is 0 Å². The third-order valence-corrected chi connectivity index (χ3v) is 13.8. The van der Waals surface area contributed by atoms with Gasteiger partial charge in [-0.05, 0) is 116 Å². The first-order valence-electron chi connectivity index (χ1n) is 27.3. The molecule has 0 atom stereocenters. The van der Waals surface area contributed by atoms with Crippen LogP contribution in [-0.2, 0) is 56.8 Å². The summed E-state index contributed by atoms with van der Waals surface area (Å²) in [5.41, 5.74) is 9.23. The van der Waals surface area contributed by atoms with E-state index in [1.54, 1.807) is 28.4 Å². The molecule has 0 unspecified atom stereocenters. The van der Waals surface area contributed by atoms with Gasteiger partial charge < -0.3 is 85.8 Å². The Morgan fingerprint density at radius 3 is 0.829 bits per heavy atom. The van der Waals surface area contributed by atoms with E-state index in [4.69, 9.17) is 85.8 Å². The Morgan fingerprint density at radius 2 is 0.549 bits per heavy atom. The van der Waals surface area contributed by atoms with Gasteiger partial charge in [-0.1, -0.05) is 0 Å². The van der Waals surface area contributed by atoms with Gasteiger partial charge in [0.1, 0.15) is 49.4 Å². The molecule has 2 aliphatic heterocycles. The first kappa shape index (κ1) is 64.3. The molecular weight excluding hydrogens is 1190 g/mol. The summed E-state index contributed by atoms with van der Waals surface area (Å²) < 4.78 is 92.6. The van der Waals surface area contributed by atoms with Crippen molar-refractivity contribution in [1.29, 1.82) is 0 Å². The van der Waals surface area contributed by atoms with Crippen LogP contribution in [-0.4, -0.2) is 207 Å². The van der Waals surface area contributed by atoms with Gasteiger partial charge in [-0.15, -0.1) is 0 Å². The highest BCUT2D eigenvalue weighted by Gasteiger charge is 2.19. The maximum Gasteiger partial charge on any atom is 0.123 e. The van der Waals surface area contributed by atoms with E-state index in [0.717, 1.165) is 53.3 Å². The fraction of sp³-hybridized carbons (Fsp3) is 0.467. The summed E-state index contributed by atoms with van der Waals surface area (Å²) in [6.45, 7) is 10.2. The average molecular weight is 1270 g/mol. The van der Waals surface area contributed by atoms with Crippen LogP contribution in [0, 0.1) is 0 Å². The number of methoxy groups -OCH3 is 4. The fourth-order valence-electron chi connectivity index (χ4n) is 8.24. The number of benzene rings is 2. The zero-order valence-corrected chi connectivity index (χ0v) is 50.4.